The van der Waals surface area contributed by atoms with Gasteiger partial charge in [0.25, 0.3) is 5.91 Å². The molecule has 0 saturated heterocycles. The first kappa shape index (κ1) is 25.9. The Morgan fingerprint density at radius 3 is 2.26 bits per heavy atom. The summed E-state index contributed by atoms with van der Waals surface area (Å²) in [7, 11) is 0.0541. The molecular weight excluding hydrogens is 462 g/mol. The maximum atomic E-state index is 14.2. The first-order chi connectivity index (χ1) is 16.3. The standard InChI is InChI=1S/C23H31N3O7S/c1-31-18-6-4-17(5-7-18)23(22(27)26-28,25-15-16-10-12-24-13-11-16)34(29,30)19-8-9-20(32-2)21(14-19)33-3/h8-14,17-18,25,28H,4-7,15H2,1-3H3,(H,26,27)/t17?,18?,23-/m1/s1. The smallest absolute Gasteiger partial charge is 0.280 e. The van der Waals surface area contributed by atoms with Crippen molar-refractivity contribution in [2.24, 2.45) is 5.92 Å². The Hall–Kier alpha value is -2.73. The van der Waals surface area contributed by atoms with Crippen molar-refractivity contribution in [2.45, 2.75) is 48.1 Å². The Balaban J connectivity index is 2.14. The van der Waals surface area contributed by atoms with Crippen LogP contribution in [0.3, 0.4) is 0 Å². The summed E-state index contributed by atoms with van der Waals surface area (Å²) in [4.78, 5) is 15.0. The van der Waals surface area contributed by atoms with Crippen LogP contribution in [0.4, 0.5) is 0 Å². The van der Waals surface area contributed by atoms with Crippen molar-refractivity contribution >= 4 is 15.7 Å². The molecule has 1 heterocycles. The number of hydroxylamine groups is 1. The molecule has 34 heavy (non-hydrogen) atoms. The number of ether oxygens (including phenoxy) is 3. The quantitative estimate of drug-likeness (QED) is 0.336. The highest BCUT2D eigenvalue weighted by molar-refractivity contribution is 7.93. The van der Waals surface area contributed by atoms with Crippen LogP contribution in [0.1, 0.15) is 31.2 Å². The minimum atomic E-state index is -4.40. The molecule has 1 saturated carbocycles. The first-order valence-electron chi connectivity index (χ1n) is 10.9. The van der Waals surface area contributed by atoms with E-state index < -0.39 is 26.5 Å². The number of aromatic nitrogens is 1. The molecular formula is C23H31N3O7S. The Kier molecular flexibility index (Phi) is 8.47. The molecule has 186 valence electrons. The first-order valence-corrected chi connectivity index (χ1v) is 12.4. The zero-order chi connectivity index (χ0) is 24.8. The highest BCUT2D eigenvalue weighted by atomic mass is 32.2. The third kappa shape index (κ3) is 4.88. The van der Waals surface area contributed by atoms with Crippen LogP contribution < -0.4 is 20.3 Å². The molecule has 0 unspecified atom stereocenters. The fraction of sp³-hybridized carbons (Fsp3) is 0.478. The van der Waals surface area contributed by atoms with E-state index in [0.29, 0.717) is 31.4 Å². The van der Waals surface area contributed by atoms with Gasteiger partial charge in [0.15, 0.2) is 11.5 Å². The van der Waals surface area contributed by atoms with Crippen LogP contribution in [0.15, 0.2) is 47.6 Å². The minimum Gasteiger partial charge on any atom is -0.493 e. The van der Waals surface area contributed by atoms with Gasteiger partial charge >= 0.3 is 0 Å². The van der Waals surface area contributed by atoms with Gasteiger partial charge in [-0.1, -0.05) is 0 Å². The van der Waals surface area contributed by atoms with Crippen LogP contribution >= 0.6 is 0 Å². The summed E-state index contributed by atoms with van der Waals surface area (Å²) in [6.07, 6.45) is 5.12. The summed E-state index contributed by atoms with van der Waals surface area (Å²) in [6, 6.07) is 7.60. The molecule has 1 aromatic carbocycles. The van der Waals surface area contributed by atoms with E-state index in [-0.39, 0.29) is 23.3 Å². The molecule has 3 rings (SSSR count). The lowest BCUT2D eigenvalue weighted by Gasteiger charge is -2.42. The van der Waals surface area contributed by atoms with E-state index in [1.807, 2.05) is 0 Å². The SMILES string of the molecule is COc1ccc(S(=O)(=O)[C@@](NCc2ccncc2)(C(=O)NO)C2CCC(OC)CC2)cc1OC. The highest BCUT2D eigenvalue weighted by Crippen LogP contribution is 2.42. The van der Waals surface area contributed by atoms with Crippen LogP contribution in [-0.2, 0) is 25.9 Å². The fourth-order valence-corrected chi connectivity index (χ4v) is 6.65. The van der Waals surface area contributed by atoms with E-state index in [1.165, 1.54) is 32.4 Å². The second-order valence-electron chi connectivity index (χ2n) is 8.12. The molecule has 11 heteroatoms. The fourth-order valence-electron chi connectivity index (χ4n) is 4.54. The second-order valence-corrected chi connectivity index (χ2v) is 10.2. The lowest BCUT2D eigenvalue weighted by atomic mass is 9.81. The molecule has 2 aromatic rings. The molecule has 0 radical (unpaired) electrons. The van der Waals surface area contributed by atoms with E-state index in [2.05, 4.69) is 10.3 Å². The monoisotopic (exact) mass is 493 g/mol. The van der Waals surface area contributed by atoms with E-state index in [4.69, 9.17) is 14.2 Å². The van der Waals surface area contributed by atoms with Gasteiger partial charge < -0.3 is 14.2 Å². The zero-order valence-electron chi connectivity index (χ0n) is 19.5. The van der Waals surface area contributed by atoms with Crippen LogP contribution in [0.2, 0.25) is 0 Å². The predicted molar refractivity (Wildman–Crippen MR) is 123 cm³/mol. The number of carbonyl (C=O) groups is 1. The molecule has 1 aromatic heterocycles. The number of methoxy groups -OCH3 is 3. The third-order valence-corrected chi connectivity index (χ3v) is 8.80. The van der Waals surface area contributed by atoms with Gasteiger partial charge in [-0.15, -0.1) is 0 Å². The largest absolute Gasteiger partial charge is 0.493 e. The Bertz CT molecular complexity index is 1070. The number of hydrogen-bond donors (Lipinski definition) is 3. The van der Waals surface area contributed by atoms with Gasteiger partial charge in [-0.05, 0) is 55.5 Å². The van der Waals surface area contributed by atoms with Crippen molar-refractivity contribution in [3.8, 4) is 11.5 Å². The summed E-state index contributed by atoms with van der Waals surface area (Å²) >= 11 is 0. The Morgan fingerprint density at radius 2 is 1.71 bits per heavy atom. The summed E-state index contributed by atoms with van der Waals surface area (Å²) in [5.41, 5.74) is 2.35. The Morgan fingerprint density at radius 1 is 1.06 bits per heavy atom. The van der Waals surface area contributed by atoms with Gasteiger partial charge in [-0.25, -0.2) is 13.9 Å². The molecule has 1 fully saturated rings. The summed E-state index contributed by atoms with van der Waals surface area (Å²) < 4.78 is 44.4. The van der Waals surface area contributed by atoms with E-state index in [0.717, 1.165) is 5.56 Å². The zero-order valence-corrected chi connectivity index (χ0v) is 20.3. The molecule has 3 N–H and O–H groups in total. The average molecular weight is 494 g/mol. The third-order valence-electron chi connectivity index (χ3n) is 6.41. The number of hydrogen-bond acceptors (Lipinski definition) is 9. The van der Waals surface area contributed by atoms with Crippen molar-refractivity contribution in [3.63, 3.8) is 0 Å². The summed E-state index contributed by atoms with van der Waals surface area (Å²) in [5, 5.41) is 12.7. The van der Waals surface area contributed by atoms with Gasteiger partial charge in [-0.2, -0.15) is 0 Å². The minimum absolute atomic E-state index is 0.0184. The topological polar surface area (TPSA) is 136 Å². The number of carbonyl (C=O) groups excluding carboxylic acids is 1. The van der Waals surface area contributed by atoms with Crippen molar-refractivity contribution < 1.29 is 32.6 Å². The lowest BCUT2D eigenvalue weighted by molar-refractivity contribution is -0.135. The molecule has 0 aliphatic heterocycles. The number of benzene rings is 1. The van der Waals surface area contributed by atoms with Gasteiger partial charge in [0, 0.05) is 38.0 Å². The second kappa shape index (κ2) is 11.1. The van der Waals surface area contributed by atoms with Crippen molar-refractivity contribution in [1.29, 1.82) is 0 Å². The molecule has 1 atom stereocenters. The van der Waals surface area contributed by atoms with E-state index >= 15 is 0 Å². The maximum Gasteiger partial charge on any atom is 0.280 e. The molecule has 0 spiro atoms. The number of nitrogens with one attached hydrogen (secondary N) is 2. The van der Waals surface area contributed by atoms with Gasteiger partial charge in [0.1, 0.15) is 0 Å². The number of sulfone groups is 1. The maximum absolute atomic E-state index is 14.2. The van der Waals surface area contributed by atoms with Crippen LogP contribution in [-0.4, -0.2) is 56.8 Å². The van der Waals surface area contributed by atoms with Crippen molar-refractivity contribution in [3.05, 3.63) is 48.3 Å². The predicted octanol–water partition coefficient (Wildman–Crippen LogP) is 2.07. The molecule has 10 nitrogen and oxygen atoms in total. The number of rotatable bonds is 10. The summed E-state index contributed by atoms with van der Waals surface area (Å²) in [6.45, 7) is 0.0622. The number of pyridine rings is 1. The van der Waals surface area contributed by atoms with Gasteiger partial charge in [-0.3, -0.25) is 20.3 Å². The Labute approximate surface area is 199 Å². The lowest BCUT2D eigenvalue weighted by Crippen LogP contribution is -2.66. The number of nitrogens with zero attached hydrogens (tertiary/aromatic N) is 1. The van der Waals surface area contributed by atoms with E-state index in [9.17, 15) is 18.4 Å². The van der Waals surface area contributed by atoms with Crippen LogP contribution in [0, 0.1) is 5.92 Å². The molecule has 1 aliphatic rings. The molecule has 1 amide bonds. The van der Waals surface area contributed by atoms with Crippen molar-refractivity contribution in [2.75, 3.05) is 21.3 Å². The normalized spacial score (nSPS) is 20.2. The van der Waals surface area contributed by atoms with Crippen molar-refractivity contribution in [1.82, 2.24) is 15.8 Å². The average Bonchev–Trinajstić information content (AvgIpc) is 2.89. The van der Waals surface area contributed by atoms with Crippen LogP contribution in [0.25, 0.3) is 0 Å². The summed E-state index contributed by atoms with van der Waals surface area (Å²) in [5.74, 6) is -1.12. The van der Waals surface area contributed by atoms with E-state index in [1.54, 1.807) is 37.1 Å². The van der Waals surface area contributed by atoms with Crippen LogP contribution in [0.5, 0.6) is 11.5 Å². The van der Waals surface area contributed by atoms with Gasteiger partial charge in [0.2, 0.25) is 14.7 Å². The van der Waals surface area contributed by atoms with Gasteiger partial charge in [0.05, 0.1) is 25.2 Å². The molecule has 0 bridgehead atoms. The molecule has 1 aliphatic carbocycles. The highest BCUT2D eigenvalue weighted by Gasteiger charge is 2.57. The number of amides is 1.